The third-order valence-corrected chi connectivity index (χ3v) is 3.75. The Morgan fingerprint density at radius 1 is 1.22 bits per heavy atom. The highest BCUT2D eigenvalue weighted by molar-refractivity contribution is 9.10. The zero-order chi connectivity index (χ0) is 12.7. The first-order chi connectivity index (χ1) is 8.65. The molecule has 2 aromatic carbocycles. The van der Waals surface area contributed by atoms with Crippen LogP contribution in [0.1, 0.15) is 5.56 Å². The van der Waals surface area contributed by atoms with Gasteiger partial charge in [-0.2, -0.15) is 0 Å². The summed E-state index contributed by atoms with van der Waals surface area (Å²) in [6.07, 6.45) is 0. The molecule has 1 N–H and O–H groups in total. The van der Waals surface area contributed by atoms with Crippen LogP contribution in [0.2, 0.25) is 5.02 Å². The van der Waals surface area contributed by atoms with Crippen molar-refractivity contribution in [3.05, 3.63) is 51.5 Å². The molecule has 90 valence electrons. The molecule has 0 unspecified atom stereocenters. The van der Waals surface area contributed by atoms with Crippen molar-refractivity contribution in [2.75, 3.05) is 0 Å². The van der Waals surface area contributed by atoms with Crippen LogP contribution < -0.4 is 0 Å². The van der Waals surface area contributed by atoms with Gasteiger partial charge in [-0.25, -0.2) is 4.98 Å². The first-order valence-corrected chi connectivity index (χ1v) is 6.73. The quantitative estimate of drug-likeness (QED) is 0.674. The topological polar surface area (TPSA) is 28.7 Å². The van der Waals surface area contributed by atoms with E-state index in [-0.39, 0.29) is 0 Å². The van der Waals surface area contributed by atoms with Crippen LogP contribution in [-0.4, -0.2) is 9.97 Å². The summed E-state index contributed by atoms with van der Waals surface area (Å²) in [7, 11) is 0. The van der Waals surface area contributed by atoms with Crippen molar-refractivity contribution in [2.24, 2.45) is 0 Å². The molecule has 1 heterocycles. The molecule has 2 nitrogen and oxygen atoms in total. The number of fused-ring (bicyclic) bond motifs is 1. The largest absolute Gasteiger partial charge is 0.338 e. The number of aryl methyl sites for hydroxylation is 1. The molecule has 0 saturated carbocycles. The van der Waals surface area contributed by atoms with Crippen LogP contribution >= 0.6 is 27.5 Å². The van der Waals surface area contributed by atoms with Crippen molar-refractivity contribution < 1.29 is 0 Å². The van der Waals surface area contributed by atoms with E-state index in [0.717, 1.165) is 26.9 Å². The number of aromatic amines is 1. The molecule has 0 atom stereocenters. The number of nitrogens with one attached hydrogen (secondary N) is 1. The Labute approximate surface area is 118 Å². The maximum Gasteiger partial charge on any atom is 0.140 e. The molecule has 0 aliphatic rings. The third kappa shape index (κ3) is 1.93. The lowest BCUT2D eigenvalue weighted by atomic mass is 10.2. The van der Waals surface area contributed by atoms with Gasteiger partial charge in [0.2, 0.25) is 0 Å². The number of H-pyrrole nitrogens is 1. The van der Waals surface area contributed by atoms with Gasteiger partial charge in [0.25, 0.3) is 0 Å². The van der Waals surface area contributed by atoms with E-state index < -0.39 is 0 Å². The van der Waals surface area contributed by atoms with Crippen LogP contribution in [0, 0.1) is 6.92 Å². The maximum absolute atomic E-state index is 6.19. The fraction of sp³-hybridized carbons (Fsp3) is 0.0714. The zero-order valence-electron chi connectivity index (χ0n) is 9.67. The van der Waals surface area contributed by atoms with Gasteiger partial charge in [0.1, 0.15) is 11.3 Å². The SMILES string of the molecule is Cc1cc(Br)c2nc(-c3ccccc3Cl)[nH]c2c1. The van der Waals surface area contributed by atoms with E-state index in [1.54, 1.807) is 0 Å². The number of hydrogen-bond donors (Lipinski definition) is 1. The van der Waals surface area contributed by atoms with Crippen molar-refractivity contribution in [1.82, 2.24) is 9.97 Å². The molecule has 0 amide bonds. The molecule has 0 spiro atoms. The lowest BCUT2D eigenvalue weighted by Crippen LogP contribution is -1.80. The van der Waals surface area contributed by atoms with Crippen LogP contribution in [0.4, 0.5) is 0 Å². The van der Waals surface area contributed by atoms with E-state index >= 15 is 0 Å². The fourth-order valence-corrected chi connectivity index (χ4v) is 2.88. The lowest BCUT2D eigenvalue weighted by molar-refractivity contribution is 1.33. The number of nitrogens with zero attached hydrogens (tertiary/aromatic N) is 1. The van der Waals surface area contributed by atoms with E-state index in [2.05, 4.69) is 45.0 Å². The monoisotopic (exact) mass is 320 g/mol. The molecule has 3 aromatic rings. The summed E-state index contributed by atoms with van der Waals surface area (Å²) < 4.78 is 0.993. The van der Waals surface area contributed by atoms with E-state index in [9.17, 15) is 0 Å². The summed E-state index contributed by atoms with van der Waals surface area (Å²) in [5, 5.41) is 0.699. The molecule has 1 aromatic heterocycles. The van der Waals surface area contributed by atoms with Gasteiger partial charge in [0.05, 0.1) is 10.5 Å². The van der Waals surface area contributed by atoms with E-state index in [1.165, 1.54) is 5.56 Å². The summed E-state index contributed by atoms with van der Waals surface area (Å²) in [5.41, 5.74) is 4.04. The van der Waals surface area contributed by atoms with Gasteiger partial charge in [-0.3, -0.25) is 0 Å². The first kappa shape index (κ1) is 11.8. The second-order valence-electron chi connectivity index (χ2n) is 4.21. The van der Waals surface area contributed by atoms with Gasteiger partial charge >= 0.3 is 0 Å². The minimum Gasteiger partial charge on any atom is -0.338 e. The van der Waals surface area contributed by atoms with Crippen molar-refractivity contribution in [3.63, 3.8) is 0 Å². The summed E-state index contributed by atoms with van der Waals surface area (Å²) in [6, 6.07) is 11.8. The highest BCUT2D eigenvalue weighted by Gasteiger charge is 2.10. The predicted molar refractivity (Wildman–Crippen MR) is 79.0 cm³/mol. The first-order valence-electron chi connectivity index (χ1n) is 5.56. The number of rotatable bonds is 1. The third-order valence-electron chi connectivity index (χ3n) is 2.81. The van der Waals surface area contributed by atoms with Gasteiger partial charge in [-0.15, -0.1) is 0 Å². The van der Waals surface area contributed by atoms with E-state index in [0.29, 0.717) is 5.02 Å². The summed E-state index contributed by atoms with van der Waals surface area (Å²) in [5.74, 6) is 0.793. The number of hydrogen-bond acceptors (Lipinski definition) is 1. The lowest BCUT2D eigenvalue weighted by Gasteiger charge is -1.98. The Kier molecular flexibility index (Phi) is 2.88. The molecule has 18 heavy (non-hydrogen) atoms. The fourth-order valence-electron chi connectivity index (χ4n) is 1.99. The van der Waals surface area contributed by atoms with Gasteiger partial charge in [0, 0.05) is 10.0 Å². The Bertz CT molecular complexity index is 734. The summed E-state index contributed by atoms with van der Waals surface area (Å²) in [6.45, 7) is 2.06. The molecular formula is C14H10BrClN2. The van der Waals surface area contributed by atoms with Gasteiger partial charge in [-0.05, 0) is 52.7 Å². The van der Waals surface area contributed by atoms with E-state index in [4.69, 9.17) is 11.6 Å². The molecule has 4 heteroatoms. The smallest absolute Gasteiger partial charge is 0.140 e. The Morgan fingerprint density at radius 2 is 2.00 bits per heavy atom. The van der Waals surface area contributed by atoms with Gasteiger partial charge in [0.15, 0.2) is 0 Å². The van der Waals surface area contributed by atoms with Crippen molar-refractivity contribution >= 4 is 38.6 Å². The minimum atomic E-state index is 0.699. The van der Waals surface area contributed by atoms with Gasteiger partial charge < -0.3 is 4.98 Å². The maximum atomic E-state index is 6.19. The van der Waals surface area contributed by atoms with Crippen molar-refractivity contribution in [3.8, 4) is 11.4 Å². The number of imidazole rings is 1. The molecule has 0 radical (unpaired) electrons. The second-order valence-corrected chi connectivity index (χ2v) is 5.47. The van der Waals surface area contributed by atoms with Crippen LogP contribution in [0.5, 0.6) is 0 Å². The minimum absolute atomic E-state index is 0.699. The number of benzene rings is 2. The normalized spacial score (nSPS) is 11.1. The van der Waals surface area contributed by atoms with Crippen molar-refractivity contribution in [2.45, 2.75) is 6.92 Å². The average molecular weight is 322 g/mol. The highest BCUT2D eigenvalue weighted by atomic mass is 79.9. The second kappa shape index (κ2) is 4.41. The predicted octanol–water partition coefficient (Wildman–Crippen LogP) is 4.95. The Balaban J connectivity index is 2.26. The van der Waals surface area contributed by atoms with Crippen LogP contribution in [-0.2, 0) is 0 Å². The standard InChI is InChI=1S/C14H10BrClN2/c1-8-6-10(15)13-12(7-8)17-14(18-13)9-4-2-3-5-11(9)16/h2-7H,1H3,(H,17,18). The van der Waals surface area contributed by atoms with Crippen LogP contribution in [0.25, 0.3) is 22.4 Å². The van der Waals surface area contributed by atoms with E-state index in [1.807, 2.05) is 24.3 Å². The molecule has 0 aliphatic heterocycles. The van der Waals surface area contributed by atoms with Crippen LogP contribution in [0.15, 0.2) is 40.9 Å². The molecule has 3 rings (SSSR count). The van der Waals surface area contributed by atoms with Crippen molar-refractivity contribution in [1.29, 1.82) is 0 Å². The zero-order valence-corrected chi connectivity index (χ0v) is 12.0. The number of aromatic nitrogens is 2. The molecule has 0 bridgehead atoms. The number of halogens is 2. The average Bonchev–Trinajstić information content (AvgIpc) is 2.73. The Hall–Kier alpha value is -1.32. The molecular weight excluding hydrogens is 312 g/mol. The summed E-state index contributed by atoms with van der Waals surface area (Å²) in [4.78, 5) is 7.91. The highest BCUT2D eigenvalue weighted by Crippen LogP contribution is 2.30. The molecule has 0 fully saturated rings. The molecule has 0 aliphatic carbocycles. The van der Waals surface area contributed by atoms with Gasteiger partial charge in [-0.1, -0.05) is 23.7 Å². The van der Waals surface area contributed by atoms with Crippen LogP contribution in [0.3, 0.4) is 0 Å². The Morgan fingerprint density at radius 3 is 2.78 bits per heavy atom. The summed E-state index contributed by atoms with van der Waals surface area (Å²) >= 11 is 9.72. The molecule has 0 saturated heterocycles.